The molecule has 0 radical (unpaired) electrons. The van der Waals surface area contributed by atoms with Crippen molar-refractivity contribution in [1.29, 1.82) is 0 Å². The van der Waals surface area contributed by atoms with Gasteiger partial charge in [-0.1, -0.05) is 12.1 Å². The van der Waals surface area contributed by atoms with Crippen LogP contribution in [0.2, 0.25) is 0 Å². The molecule has 0 spiro atoms. The molecule has 1 aromatic carbocycles. The monoisotopic (exact) mass is 250 g/mol. The van der Waals surface area contributed by atoms with Crippen molar-refractivity contribution in [1.82, 2.24) is 10.2 Å². The van der Waals surface area contributed by atoms with E-state index in [2.05, 4.69) is 17.3 Å². The normalized spacial score (nSPS) is 20.3. The van der Waals surface area contributed by atoms with Gasteiger partial charge in [-0.25, -0.2) is 4.39 Å². The first-order chi connectivity index (χ1) is 8.74. The Labute approximate surface area is 109 Å². The van der Waals surface area contributed by atoms with Gasteiger partial charge in [0.15, 0.2) is 0 Å². The second-order valence-corrected chi connectivity index (χ2v) is 5.37. The molecule has 1 N–H and O–H groups in total. The largest absolute Gasteiger partial charge is 0.316 e. The van der Waals surface area contributed by atoms with Crippen LogP contribution in [0.15, 0.2) is 24.3 Å². The van der Waals surface area contributed by atoms with Gasteiger partial charge in [0.1, 0.15) is 5.82 Å². The minimum absolute atomic E-state index is 0.141. The van der Waals surface area contributed by atoms with Gasteiger partial charge in [0.2, 0.25) is 0 Å². The third-order valence-corrected chi connectivity index (χ3v) is 3.66. The minimum Gasteiger partial charge on any atom is -0.316 e. The van der Waals surface area contributed by atoms with E-state index in [1.165, 1.54) is 31.9 Å². The molecule has 18 heavy (non-hydrogen) atoms. The highest BCUT2D eigenvalue weighted by Crippen LogP contribution is 2.15. The maximum Gasteiger partial charge on any atom is 0.123 e. The molecule has 1 aliphatic heterocycles. The van der Waals surface area contributed by atoms with E-state index in [1.807, 2.05) is 6.07 Å². The van der Waals surface area contributed by atoms with E-state index < -0.39 is 0 Å². The number of piperidine rings is 1. The predicted molar refractivity (Wildman–Crippen MR) is 72.9 cm³/mol. The Morgan fingerprint density at radius 1 is 1.44 bits per heavy atom. The Balaban J connectivity index is 1.72. The van der Waals surface area contributed by atoms with Gasteiger partial charge in [-0.05, 0) is 69.6 Å². The van der Waals surface area contributed by atoms with Crippen LogP contribution in [0.3, 0.4) is 0 Å². The molecule has 1 heterocycles. The molecule has 1 fully saturated rings. The molecule has 2 nitrogen and oxygen atoms in total. The first-order valence-corrected chi connectivity index (χ1v) is 6.88. The maximum absolute atomic E-state index is 13.1. The lowest BCUT2D eigenvalue weighted by Gasteiger charge is -2.25. The zero-order chi connectivity index (χ0) is 12.8. The van der Waals surface area contributed by atoms with Crippen LogP contribution in [0.25, 0.3) is 0 Å². The molecule has 1 atom stereocenters. The number of nitrogens with zero attached hydrogens (tertiary/aromatic N) is 1. The van der Waals surface area contributed by atoms with Crippen LogP contribution in [-0.2, 0) is 6.54 Å². The molecule has 1 aromatic rings. The van der Waals surface area contributed by atoms with E-state index >= 15 is 0 Å². The molecule has 0 aromatic heterocycles. The molecule has 1 aliphatic rings. The second-order valence-electron chi connectivity index (χ2n) is 5.37. The molecule has 1 unspecified atom stereocenters. The van der Waals surface area contributed by atoms with Crippen molar-refractivity contribution < 1.29 is 4.39 Å². The second kappa shape index (κ2) is 6.86. The third kappa shape index (κ3) is 4.39. The van der Waals surface area contributed by atoms with Gasteiger partial charge in [0, 0.05) is 6.54 Å². The zero-order valence-electron chi connectivity index (χ0n) is 11.2. The lowest BCUT2D eigenvalue weighted by atomic mass is 9.96. The Morgan fingerprint density at radius 3 is 3.06 bits per heavy atom. The first-order valence-electron chi connectivity index (χ1n) is 6.88. The summed E-state index contributed by atoms with van der Waals surface area (Å²) >= 11 is 0. The number of benzene rings is 1. The first kappa shape index (κ1) is 13.5. The van der Waals surface area contributed by atoms with Crippen LogP contribution < -0.4 is 5.32 Å². The van der Waals surface area contributed by atoms with Crippen molar-refractivity contribution >= 4 is 0 Å². The van der Waals surface area contributed by atoms with Crippen LogP contribution in [0.1, 0.15) is 24.8 Å². The zero-order valence-corrected chi connectivity index (χ0v) is 11.2. The SMILES string of the molecule is CN(CCC1CCCNC1)Cc1cccc(F)c1. The van der Waals surface area contributed by atoms with Crippen LogP contribution in [0.5, 0.6) is 0 Å². The van der Waals surface area contributed by atoms with E-state index in [4.69, 9.17) is 0 Å². The summed E-state index contributed by atoms with van der Waals surface area (Å²) in [7, 11) is 2.11. The fourth-order valence-electron chi connectivity index (χ4n) is 2.60. The van der Waals surface area contributed by atoms with Gasteiger partial charge < -0.3 is 10.2 Å². The van der Waals surface area contributed by atoms with Gasteiger partial charge in [0.05, 0.1) is 0 Å². The summed E-state index contributed by atoms with van der Waals surface area (Å²) in [4.78, 5) is 2.28. The van der Waals surface area contributed by atoms with Crippen LogP contribution in [0, 0.1) is 11.7 Å². The quantitative estimate of drug-likeness (QED) is 0.864. The molecule has 2 rings (SSSR count). The molecule has 0 amide bonds. The number of nitrogens with one attached hydrogen (secondary N) is 1. The number of rotatable bonds is 5. The minimum atomic E-state index is -0.141. The summed E-state index contributed by atoms with van der Waals surface area (Å²) in [6, 6.07) is 6.89. The molecular formula is C15H23FN2. The third-order valence-electron chi connectivity index (χ3n) is 3.66. The lowest BCUT2D eigenvalue weighted by molar-refractivity contribution is 0.268. The fraction of sp³-hybridized carbons (Fsp3) is 0.600. The van der Waals surface area contributed by atoms with E-state index in [1.54, 1.807) is 12.1 Å². The average Bonchev–Trinajstić information content (AvgIpc) is 2.38. The Hall–Kier alpha value is -0.930. The average molecular weight is 250 g/mol. The molecule has 100 valence electrons. The smallest absolute Gasteiger partial charge is 0.123 e. The summed E-state index contributed by atoms with van der Waals surface area (Å²) in [5, 5.41) is 3.45. The van der Waals surface area contributed by atoms with Crippen molar-refractivity contribution in [2.24, 2.45) is 5.92 Å². The van der Waals surface area contributed by atoms with E-state index in [9.17, 15) is 4.39 Å². The van der Waals surface area contributed by atoms with Gasteiger partial charge in [-0.15, -0.1) is 0 Å². The van der Waals surface area contributed by atoms with E-state index in [-0.39, 0.29) is 5.82 Å². The molecular weight excluding hydrogens is 227 g/mol. The van der Waals surface area contributed by atoms with Crippen LogP contribution in [0.4, 0.5) is 4.39 Å². The topological polar surface area (TPSA) is 15.3 Å². The fourth-order valence-corrected chi connectivity index (χ4v) is 2.60. The van der Waals surface area contributed by atoms with Crippen molar-refractivity contribution in [3.8, 4) is 0 Å². The van der Waals surface area contributed by atoms with Crippen molar-refractivity contribution in [3.63, 3.8) is 0 Å². The highest BCUT2D eigenvalue weighted by molar-refractivity contribution is 5.15. The van der Waals surface area contributed by atoms with Crippen molar-refractivity contribution in [3.05, 3.63) is 35.6 Å². The Kier molecular flexibility index (Phi) is 5.14. The summed E-state index contributed by atoms with van der Waals surface area (Å²) < 4.78 is 13.1. The Bertz CT molecular complexity index is 361. The maximum atomic E-state index is 13.1. The summed E-state index contributed by atoms with van der Waals surface area (Å²) in [6.45, 7) is 4.25. The van der Waals surface area contributed by atoms with Crippen molar-refractivity contribution in [2.75, 3.05) is 26.7 Å². The Morgan fingerprint density at radius 2 is 2.33 bits per heavy atom. The number of hydrogen-bond acceptors (Lipinski definition) is 2. The van der Waals surface area contributed by atoms with Crippen LogP contribution in [-0.4, -0.2) is 31.6 Å². The predicted octanol–water partition coefficient (Wildman–Crippen LogP) is 2.65. The van der Waals surface area contributed by atoms with Gasteiger partial charge in [-0.2, -0.15) is 0 Å². The highest BCUT2D eigenvalue weighted by atomic mass is 19.1. The highest BCUT2D eigenvalue weighted by Gasteiger charge is 2.13. The van der Waals surface area contributed by atoms with Gasteiger partial charge in [0.25, 0.3) is 0 Å². The van der Waals surface area contributed by atoms with E-state index in [0.717, 1.165) is 31.1 Å². The molecule has 0 saturated carbocycles. The molecule has 1 saturated heterocycles. The number of hydrogen-bond donors (Lipinski definition) is 1. The van der Waals surface area contributed by atoms with Gasteiger partial charge in [-0.3, -0.25) is 0 Å². The molecule has 0 bridgehead atoms. The van der Waals surface area contributed by atoms with Crippen molar-refractivity contribution in [2.45, 2.75) is 25.8 Å². The summed E-state index contributed by atoms with van der Waals surface area (Å²) in [5.41, 5.74) is 1.05. The van der Waals surface area contributed by atoms with Crippen LogP contribution >= 0.6 is 0 Å². The molecule has 0 aliphatic carbocycles. The number of halogens is 1. The van der Waals surface area contributed by atoms with Gasteiger partial charge >= 0.3 is 0 Å². The standard InChI is InChI=1S/C15H23FN2/c1-18(9-7-13-5-3-8-17-11-13)12-14-4-2-6-15(16)10-14/h2,4,6,10,13,17H,3,5,7-9,11-12H2,1H3. The summed E-state index contributed by atoms with van der Waals surface area (Å²) in [6.07, 6.45) is 3.89. The summed E-state index contributed by atoms with van der Waals surface area (Å²) in [5.74, 6) is 0.672. The lowest BCUT2D eigenvalue weighted by Crippen LogP contribution is -2.32. The van der Waals surface area contributed by atoms with E-state index in [0.29, 0.717) is 0 Å². The molecule has 3 heteroatoms.